The monoisotopic (exact) mass is 217 g/mol. The molecule has 0 heterocycles. The van der Waals surface area contributed by atoms with E-state index in [0.717, 1.165) is 5.69 Å². The molecule has 2 aromatic rings. The molecule has 0 saturated carbocycles. The lowest BCUT2D eigenvalue weighted by Gasteiger charge is -2.06. The fourth-order valence-corrected chi connectivity index (χ4v) is 1.56. The molecule has 0 saturated heterocycles. The first kappa shape index (κ1) is 10.1. The Balaban J connectivity index is 2.26. The van der Waals surface area contributed by atoms with Gasteiger partial charge in [0.25, 0.3) is 0 Å². The highest BCUT2D eigenvalue weighted by molar-refractivity contribution is 6.29. The number of nitrogens with one attached hydrogen (secondary N) is 1. The van der Waals surface area contributed by atoms with Crippen LogP contribution in [0.5, 0.6) is 0 Å². The number of benzene rings is 2. The molecule has 0 unspecified atom stereocenters. The molecule has 0 aliphatic carbocycles. The molecule has 2 rings (SSSR count). The van der Waals surface area contributed by atoms with Gasteiger partial charge in [-0.15, -0.1) is 0 Å². The van der Waals surface area contributed by atoms with Gasteiger partial charge in [0.05, 0.1) is 6.54 Å². The van der Waals surface area contributed by atoms with E-state index in [2.05, 4.69) is 36.2 Å². The minimum absolute atomic E-state index is 0.597. The van der Waals surface area contributed by atoms with Crippen molar-refractivity contribution in [3.8, 4) is 0 Å². The van der Waals surface area contributed by atoms with E-state index in [0.29, 0.717) is 11.6 Å². The van der Waals surface area contributed by atoms with Crippen molar-refractivity contribution in [1.29, 1.82) is 0 Å². The first-order valence-corrected chi connectivity index (χ1v) is 5.19. The molecule has 15 heavy (non-hydrogen) atoms. The van der Waals surface area contributed by atoms with Crippen molar-refractivity contribution < 1.29 is 0 Å². The van der Waals surface area contributed by atoms with Gasteiger partial charge in [-0.3, -0.25) is 0 Å². The van der Waals surface area contributed by atoms with Crippen LogP contribution in [0.15, 0.2) is 54.1 Å². The highest BCUT2D eigenvalue weighted by Gasteiger charge is 1.95. The fourth-order valence-electron chi connectivity index (χ4n) is 1.50. The molecule has 0 radical (unpaired) electrons. The fraction of sp³-hybridized carbons (Fsp3) is 0.0769. The number of anilines is 1. The highest BCUT2D eigenvalue weighted by atomic mass is 35.5. The van der Waals surface area contributed by atoms with Crippen LogP contribution in [0.3, 0.4) is 0 Å². The normalized spacial score (nSPS) is 10.2. The van der Waals surface area contributed by atoms with Gasteiger partial charge >= 0.3 is 0 Å². The molecule has 0 aliphatic heterocycles. The van der Waals surface area contributed by atoms with Crippen LogP contribution in [0.25, 0.3) is 10.8 Å². The lowest BCUT2D eigenvalue weighted by molar-refractivity contribution is 1.32. The van der Waals surface area contributed by atoms with Crippen LogP contribution in [0.4, 0.5) is 5.69 Å². The largest absolute Gasteiger partial charge is 0.380 e. The molecular formula is C13H12ClN. The zero-order chi connectivity index (χ0) is 10.7. The van der Waals surface area contributed by atoms with E-state index in [1.54, 1.807) is 0 Å². The van der Waals surface area contributed by atoms with Crippen LogP contribution in [-0.2, 0) is 0 Å². The third-order valence-corrected chi connectivity index (χ3v) is 2.37. The summed E-state index contributed by atoms with van der Waals surface area (Å²) in [5.74, 6) is 0. The molecule has 0 bridgehead atoms. The van der Waals surface area contributed by atoms with E-state index in [1.165, 1.54) is 10.8 Å². The van der Waals surface area contributed by atoms with E-state index in [9.17, 15) is 0 Å². The Bertz CT molecular complexity index is 491. The molecule has 0 fully saturated rings. The molecule has 0 aromatic heterocycles. The Morgan fingerprint density at radius 2 is 1.87 bits per heavy atom. The standard InChI is InChI=1S/C13H12ClN/c1-10(14)9-15-13-7-6-11-4-2-3-5-12(11)8-13/h2-8,15H,1,9H2. The van der Waals surface area contributed by atoms with Gasteiger partial charge in [-0.05, 0) is 22.9 Å². The first-order chi connectivity index (χ1) is 7.25. The Morgan fingerprint density at radius 3 is 2.60 bits per heavy atom. The summed E-state index contributed by atoms with van der Waals surface area (Å²) in [5.41, 5.74) is 1.07. The zero-order valence-electron chi connectivity index (χ0n) is 8.33. The molecule has 2 heteroatoms. The minimum Gasteiger partial charge on any atom is -0.380 e. The summed E-state index contributed by atoms with van der Waals surface area (Å²) in [6.45, 7) is 4.23. The van der Waals surface area contributed by atoms with Crippen molar-refractivity contribution in [3.05, 3.63) is 54.1 Å². The third-order valence-electron chi connectivity index (χ3n) is 2.23. The molecule has 1 nitrogen and oxygen atoms in total. The molecule has 0 aliphatic rings. The Labute approximate surface area is 94.4 Å². The van der Waals surface area contributed by atoms with Crippen LogP contribution in [0, 0.1) is 0 Å². The van der Waals surface area contributed by atoms with E-state index < -0.39 is 0 Å². The molecule has 0 atom stereocenters. The number of rotatable bonds is 3. The van der Waals surface area contributed by atoms with Gasteiger partial charge in [-0.1, -0.05) is 48.5 Å². The molecule has 2 aromatic carbocycles. The van der Waals surface area contributed by atoms with Gasteiger partial charge in [0, 0.05) is 10.7 Å². The van der Waals surface area contributed by atoms with Crippen molar-refractivity contribution in [2.24, 2.45) is 0 Å². The summed E-state index contributed by atoms with van der Waals surface area (Å²) in [7, 11) is 0. The minimum atomic E-state index is 0.597. The van der Waals surface area contributed by atoms with Crippen LogP contribution in [0.1, 0.15) is 0 Å². The van der Waals surface area contributed by atoms with Gasteiger partial charge in [0.2, 0.25) is 0 Å². The lowest BCUT2D eigenvalue weighted by Crippen LogP contribution is -2.00. The summed E-state index contributed by atoms with van der Waals surface area (Å²) in [5, 5.41) is 6.29. The summed E-state index contributed by atoms with van der Waals surface area (Å²) < 4.78 is 0. The van der Waals surface area contributed by atoms with E-state index in [1.807, 2.05) is 18.2 Å². The Kier molecular flexibility index (Phi) is 2.93. The predicted octanol–water partition coefficient (Wildman–Crippen LogP) is 4.00. The van der Waals surface area contributed by atoms with Crippen molar-refractivity contribution in [1.82, 2.24) is 0 Å². The molecule has 0 spiro atoms. The lowest BCUT2D eigenvalue weighted by atomic mass is 10.1. The molecule has 1 N–H and O–H groups in total. The van der Waals surface area contributed by atoms with E-state index in [4.69, 9.17) is 11.6 Å². The maximum absolute atomic E-state index is 5.69. The van der Waals surface area contributed by atoms with Gasteiger partial charge in [0.15, 0.2) is 0 Å². The van der Waals surface area contributed by atoms with E-state index in [-0.39, 0.29) is 0 Å². The highest BCUT2D eigenvalue weighted by Crippen LogP contribution is 2.18. The predicted molar refractivity (Wildman–Crippen MR) is 67.4 cm³/mol. The maximum atomic E-state index is 5.69. The van der Waals surface area contributed by atoms with E-state index >= 15 is 0 Å². The summed E-state index contributed by atoms with van der Waals surface area (Å²) in [6.07, 6.45) is 0. The second-order valence-corrected chi connectivity index (χ2v) is 3.97. The average molecular weight is 218 g/mol. The zero-order valence-corrected chi connectivity index (χ0v) is 9.09. The number of hydrogen-bond donors (Lipinski definition) is 1. The van der Waals surface area contributed by atoms with Gasteiger partial charge in [-0.25, -0.2) is 0 Å². The molecule has 76 valence electrons. The van der Waals surface area contributed by atoms with Crippen LogP contribution >= 0.6 is 11.6 Å². The second-order valence-electron chi connectivity index (χ2n) is 3.43. The Morgan fingerprint density at radius 1 is 1.13 bits per heavy atom. The summed E-state index contributed by atoms with van der Waals surface area (Å²) in [6, 6.07) is 14.5. The average Bonchev–Trinajstić information content (AvgIpc) is 2.26. The van der Waals surface area contributed by atoms with Gasteiger partial charge in [-0.2, -0.15) is 0 Å². The third kappa shape index (κ3) is 2.51. The number of fused-ring (bicyclic) bond motifs is 1. The first-order valence-electron chi connectivity index (χ1n) is 4.82. The van der Waals surface area contributed by atoms with Crippen molar-refractivity contribution in [3.63, 3.8) is 0 Å². The van der Waals surface area contributed by atoms with Crippen molar-refractivity contribution in [2.75, 3.05) is 11.9 Å². The quantitative estimate of drug-likeness (QED) is 0.820. The Hall–Kier alpha value is -1.47. The van der Waals surface area contributed by atoms with Crippen LogP contribution in [0.2, 0.25) is 0 Å². The summed E-state index contributed by atoms with van der Waals surface area (Å²) in [4.78, 5) is 0. The van der Waals surface area contributed by atoms with Crippen molar-refractivity contribution >= 4 is 28.1 Å². The van der Waals surface area contributed by atoms with Crippen LogP contribution < -0.4 is 5.32 Å². The SMILES string of the molecule is C=C(Cl)CNc1ccc2ccccc2c1. The number of halogens is 1. The second kappa shape index (κ2) is 4.37. The smallest absolute Gasteiger partial charge is 0.0501 e. The summed E-state index contributed by atoms with van der Waals surface area (Å²) >= 11 is 5.69. The van der Waals surface area contributed by atoms with Gasteiger partial charge in [0.1, 0.15) is 0 Å². The molecule has 0 amide bonds. The van der Waals surface area contributed by atoms with Crippen LogP contribution in [-0.4, -0.2) is 6.54 Å². The molecular weight excluding hydrogens is 206 g/mol. The van der Waals surface area contributed by atoms with Gasteiger partial charge < -0.3 is 5.32 Å². The maximum Gasteiger partial charge on any atom is 0.0501 e. The van der Waals surface area contributed by atoms with Crippen molar-refractivity contribution in [2.45, 2.75) is 0 Å². The number of hydrogen-bond acceptors (Lipinski definition) is 1. The topological polar surface area (TPSA) is 12.0 Å².